The molecule has 1 fully saturated rings. The van der Waals surface area contributed by atoms with Gasteiger partial charge in [0.25, 0.3) is 0 Å². The number of aliphatic hydroxyl groups excluding tert-OH is 1. The van der Waals surface area contributed by atoms with E-state index in [0.717, 1.165) is 11.1 Å². The maximum absolute atomic E-state index is 12.2. The van der Waals surface area contributed by atoms with E-state index in [4.69, 9.17) is 29.2 Å². The van der Waals surface area contributed by atoms with Crippen LogP contribution in [0.2, 0.25) is 0 Å². The molecule has 0 unspecified atom stereocenters. The van der Waals surface area contributed by atoms with Crippen LogP contribution in [-0.2, 0) is 41.7 Å². The number of methoxy groups -OCH3 is 1. The zero-order valence-corrected chi connectivity index (χ0v) is 18.2. The van der Waals surface area contributed by atoms with E-state index < -0.39 is 36.7 Å². The van der Waals surface area contributed by atoms with Crippen LogP contribution in [0.1, 0.15) is 11.1 Å². The van der Waals surface area contributed by atoms with Gasteiger partial charge in [-0.2, -0.15) is 0 Å². The molecule has 1 saturated heterocycles. The van der Waals surface area contributed by atoms with E-state index in [9.17, 15) is 9.90 Å². The number of carbonyl (C=O) groups is 1. The number of ether oxygens (including phenoxy) is 5. The highest BCUT2D eigenvalue weighted by molar-refractivity contribution is 5.70. The molecule has 10 nitrogen and oxygen atoms in total. The fourth-order valence-electron chi connectivity index (χ4n) is 3.43. The van der Waals surface area contributed by atoms with Gasteiger partial charge < -0.3 is 28.8 Å². The fraction of sp³-hybridized carbons (Fsp3) is 0.435. The van der Waals surface area contributed by atoms with Gasteiger partial charge in [-0.05, 0) is 16.7 Å². The molecule has 2 aromatic rings. The number of esters is 1. The zero-order valence-electron chi connectivity index (χ0n) is 18.2. The van der Waals surface area contributed by atoms with Crippen LogP contribution < -0.4 is 0 Å². The molecule has 0 spiro atoms. The van der Waals surface area contributed by atoms with Gasteiger partial charge in [0.15, 0.2) is 6.29 Å². The van der Waals surface area contributed by atoms with E-state index in [2.05, 4.69) is 10.0 Å². The summed E-state index contributed by atoms with van der Waals surface area (Å²) < 4.78 is 28.1. The van der Waals surface area contributed by atoms with Crippen molar-refractivity contribution in [3.8, 4) is 0 Å². The van der Waals surface area contributed by atoms with E-state index in [0.29, 0.717) is 0 Å². The SMILES string of the molecule is CO[C@@H]1O[C@H](CN=[N+]=[N-])[C@H](O)[C@H](OCc2ccccc2)[C@H]1OCC(=O)OCc1ccccc1. The van der Waals surface area contributed by atoms with Gasteiger partial charge in [0.2, 0.25) is 0 Å². The second kappa shape index (κ2) is 12.9. The smallest absolute Gasteiger partial charge is 0.332 e. The molecule has 2 aromatic carbocycles. The summed E-state index contributed by atoms with van der Waals surface area (Å²) in [5.74, 6) is -0.582. The Morgan fingerprint density at radius 3 is 2.27 bits per heavy atom. The average Bonchev–Trinajstić information content (AvgIpc) is 2.86. The molecule has 1 heterocycles. The lowest BCUT2D eigenvalue weighted by atomic mass is 9.98. The van der Waals surface area contributed by atoms with Crippen molar-refractivity contribution >= 4 is 5.97 Å². The Labute approximate surface area is 191 Å². The topological polar surface area (TPSA) is 132 Å². The van der Waals surface area contributed by atoms with Gasteiger partial charge in [-0.3, -0.25) is 0 Å². The van der Waals surface area contributed by atoms with Crippen molar-refractivity contribution in [1.82, 2.24) is 0 Å². The van der Waals surface area contributed by atoms with E-state index in [-0.39, 0.29) is 26.4 Å². The minimum absolute atomic E-state index is 0.114. The maximum Gasteiger partial charge on any atom is 0.332 e. The van der Waals surface area contributed by atoms with Crippen LogP contribution in [0.5, 0.6) is 0 Å². The van der Waals surface area contributed by atoms with Gasteiger partial charge in [-0.1, -0.05) is 65.8 Å². The van der Waals surface area contributed by atoms with Crippen LogP contribution in [0.4, 0.5) is 0 Å². The van der Waals surface area contributed by atoms with Gasteiger partial charge in [-0.15, -0.1) is 0 Å². The molecule has 1 aliphatic rings. The summed E-state index contributed by atoms with van der Waals surface area (Å²) in [4.78, 5) is 15.0. The van der Waals surface area contributed by atoms with Crippen LogP contribution in [0.3, 0.4) is 0 Å². The molecule has 0 amide bonds. The fourth-order valence-corrected chi connectivity index (χ4v) is 3.43. The molecule has 10 heteroatoms. The quantitative estimate of drug-likeness (QED) is 0.237. The second-order valence-corrected chi connectivity index (χ2v) is 7.37. The first-order chi connectivity index (χ1) is 16.1. The Morgan fingerprint density at radius 2 is 1.67 bits per heavy atom. The largest absolute Gasteiger partial charge is 0.459 e. The van der Waals surface area contributed by atoms with Gasteiger partial charge in [-0.25, -0.2) is 4.79 Å². The van der Waals surface area contributed by atoms with Crippen LogP contribution in [0.25, 0.3) is 10.4 Å². The molecule has 1 aliphatic heterocycles. The monoisotopic (exact) mass is 457 g/mol. The molecule has 0 radical (unpaired) electrons. The number of hydrogen-bond donors (Lipinski definition) is 1. The first kappa shape index (κ1) is 24.7. The van der Waals surface area contributed by atoms with Crippen molar-refractivity contribution < 1.29 is 33.6 Å². The highest BCUT2D eigenvalue weighted by atomic mass is 16.7. The lowest BCUT2D eigenvalue weighted by molar-refractivity contribution is -0.305. The van der Waals surface area contributed by atoms with Crippen molar-refractivity contribution in [2.24, 2.45) is 5.11 Å². The van der Waals surface area contributed by atoms with E-state index in [1.165, 1.54) is 7.11 Å². The predicted molar refractivity (Wildman–Crippen MR) is 117 cm³/mol. The maximum atomic E-state index is 12.2. The summed E-state index contributed by atoms with van der Waals surface area (Å²) in [6, 6.07) is 18.7. The minimum atomic E-state index is -1.18. The van der Waals surface area contributed by atoms with Crippen LogP contribution in [0.15, 0.2) is 65.8 Å². The molecule has 0 bridgehead atoms. The number of carbonyl (C=O) groups excluding carboxylic acids is 1. The van der Waals surface area contributed by atoms with E-state index in [1.807, 2.05) is 60.7 Å². The van der Waals surface area contributed by atoms with Crippen LogP contribution in [0, 0.1) is 0 Å². The summed E-state index contributed by atoms with van der Waals surface area (Å²) >= 11 is 0. The van der Waals surface area contributed by atoms with Crippen molar-refractivity contribution in [1.29, 1.82) is 0 Å². The normalized spacial score (nSPS) is 24.6. The van der Waals surface area contributed by atoms with Crippen LogP contribution >= 0.6 is 0 Å². The van der Waals surface area contributed by atoms with Crippen LogP contribution in [-0.4, -0.2) is 62.0 Å². The summed E-state index contributed by atoms with van der Waals surface area (Å²) in [6.45, 7) is -0.206. The molecule has 0 saturated carbocycles. The number of azide groups is 1. The van der Waals surface area contributed by atoms with Gasteiger partial charge in [0, 0.05) is 12.0 Å². The number of aliphatic hydroxyl groups is 1. The summed E-state index contributed by atoms with van der Waals surface area (Å²) in [5, 5.41) is 14.3. The van der Waals surface area contributed by atoms with Crippen molar-refractivity contribution in [2.75, 3.05) is 20.3 Å². The third-order valence-electron chi connectivity index (χ3n) is 5.10. The summed E-state index contributed by atoms with van der Waals surface area (Å²) in [5.41, 5.74) is 10.4. The third-order valence-corrected chi connectivity index (χ3v) is 5.10. The number of rotatable bonds is 11. The standard InChI is InChI=1S/C23H27N3O7/c1-29-23-22(32-15-19(27)30-13-16-8-4-2-5-9-16)21(20(28)18(33-23)12-25-26-24)31-14-17-10-6-3-7-11-17/h2-11,18,20-23,28H,12-15H2,1H3/t18-,20+,21+,22-,23-/m1/s1. The molecular formula is C23H27N3O7. The number of hydrogen-bond acceptors (Lipinski definition) is 8. The Hall–Kier alpha value is -2.98. The first-order valence-electron chi connectivity index (χ1n) is 10.5. The minimum Gasteiger partial charge on any atom is -0.459 e. The van der Waals surface area contributed by atoms with Gasteiger partial charge in [0.05, 0.1) is 19.3 Å². The lowest BCUT2D eigenvalue weighted by Crippen LogP contribution is -2.60. The Kier molecular flexibility index (Phi) is 9.64. The second-order valence-electron chi connectivity index (χ2n) is 7.37. The van der Waals surface area contributed by atoms with Crippen molar-refractivity contribution in [2.45, 2.75) is 43.9 Å². The van der Waals surface area contributed by atoms with E-state index in [1.54, 1.807) is 0 Å². The predicted octanol–water partition coefficient (Wildman–Crippen LogP) is 2.74. The zero-order chi connectivity index (χ0) is 23.5. The van der Waals surface area contributed by atoms with Gasteiger partial charge in [0.1, 0.15) is 31.5 Å². The molecule has 3 rings (SSSR count). The molecule has 33 heavy (non-hydrogen) atoms. The Bertz CT molecular complexity index is 909. The number of benzene rings is 2. The Balaban J connectivity index is 1.66. The average molecular weight is 457 g/mol. The Morgan fingerprint density at radius 1 is 1.03 bits per heavy atom. The van der Waals surface area contributed by atoms with E-state index >= 15 is 0 Å². The highest BCUT2D eigenvalue weighted by Crippen LogP contribution is 2.27. The lowest BCUT2D eigenvalue weighted by Gasteiger charge is -2.43. The molecule has 1 N–H and O–H groups in total. The first-order valence-corrected chi connectivity index (χ1v) is 10.5. The van der Waals surface area contributed by atoms with Crippen molar-refractivity contribution in [3.63, 3.8) is 0 Å². The molecule has 0 aromatic heterocycles. The van der Waals surface area contributed by atoms with Crippen molar-refractivity contribution in [3.05, 3.63) is 82.2 Å². The highest BCUT2D eigenvalue weighted by Gasteiger charge is 2.47. The molecule has 176 valence electrons. The molecular weight excluding hydrogens is 430 g/mol. The molecule has 0 aliphatic carbocycles. The summed E-state index contributed by atoms with van der Waals surface area (Å²) in [6.07, 6.45) is -4.85. The summed E-state index contributed by atoms with van der Waals surface area (Å²) in [7, 11) is 1.41. The third kappa shape index (κ3) is 7.26. The number of nitrogens with zero attached hydrogens (tertiary/aromatic N) is 3. The van der Waals surface area contributed by atoms with Gasteiger partial charge >= 0.3 is 5.97 Å². The molecule has 5 atom stereocenters.